The number of piperidine rings is 1. The molecule has 1 aliphatic rings. The Morgan fingerprint density at radius 3 is 2.36 bits per heavy atom. The standard InChI is InChI=1S/C9H18ClNO2S/c1-8-3-5-11(6-4-8)14(12,13)9(2)7-10/h8-9H,3-7H2,1-2H3. The summed E-state index contributed by atoms with van der Waals surface area (Å²) in [4.78, 5) is 0. The predicted octanol–water partition coefficient (Wildman–Crippen LogP) is 1.68. The van der Waals surface area contributed by atoms with E-state index >= 15 is 0 Å². The van der Waals surface area contributed by atoms with Gasteiger partial charge in [-0.05, 0) is 25.7 Å². The van der Waals surface area contributed by atoms with E-state index in [2.05, 4.69) is 6.92 Å². The SMILES string of the molecule is CC1CCN(S(=O)(=O)C(C)CCl)CC1. The second-order valence-electron chi connectivity index (χ2n) is 4.09. The lowest BCUT2D eigenvalue weighted by molar-refractivity contribution is 0.286. The van der Waals surface area contributed by atoms with Crippen molar-refractivity contribution in [1.82, 2.24) is 4.31 Å². The Labute approximate surface area is 91.5 Å². The maximum atomic E-state index is 11.9. The first-order valence-electron chi connectivity index (χ1n) is 5.03. The van der Waals surface area contributed by atoms with Crippen LogP contribution in [0.2, 0.25) is 0 Å². The topological polar surface area (TPSA) is 37.4 Å². The minimum absolute atomic E-state index is 0.175. The molecule has 1 heterocycles. The molecule has 1 saturated heterocycles. The molecule has 0 N–H and O–H groups in total. The van der Waals surface area contributed by atoms with Crippen LogP contribution < -0.4 is 0 Å². The number of sulfonamides is 1. The van der Waals surface area contributed by atoms with E-state index in [1.54, 1.807) is 11.2 Å². The number of halogens is 1. The van der Waals surface area contributed by atoms with Gasteiger partial charge in [-0.25, -0.2) is 12.7 Å². The van der Waals surface area contributed by atoms with E-state index in [0.717, 1.165) is 12.8 Å². The van der Waals surface area contributed by atoms with E-state index in [9.17, 15) is 8.42 Å². The lowest BCUT2D eigenvalue weighted by atomic mass is 10.0. The summed E-state index contributed by atoms with van der Waals surface area (Å²) in [6.07, 6.45) is 1.93. The maximum absolute atomic E-state index is 11.9. The normalized spacial score (nSPS) is 23.6. The highest BCUT2D eigenvalue weighted by Gasteiger charge is 2.30. The Balaban J connectivity index is 2.65. The van der Waals surface area contributed by atoms with Gasteiger partial charge in [-0.1, -0.05) is 6.92 Å². The first-order valence-corrected chi connectivity index (χ1v) is 7.07. The zero-order chi connectivity index (χ0) is 10.8. The van der Waals surface area contributed by atoms with E-state index < -0.39 is 15.3 Å². The molecule has 1 unspecified atom stereocenters. The van der Waals surface area contributed by atoms with Gasteiger partial charge in [0.15, 0.2) is 0 Å². The quantitative estimate of drug-likeness (QED) is 0.703. The molecule has 1 aliphatic heterocycles. The third-order valence-electron chi connectivity index (χ3n) is 2.83. The van der Waals surface area contributed by atoms with Crippen LogP contribution in [0.5, 0.6) is 0 Å². The molecule has 0 bridgehead atoms. The van der Waals surface area contributed by atoms with Crippen molar-refractivity contribution in [1.29, 1.82) is 0 Å². The summed E-state index contributed by atoms with van der Waals surface area (Å²) in [7, 11) is -3.13. The van der Waals surface area contributed by atoms with E-state index in [-0.39, 0.29) is 5.88 Å². The highest BCUT2D eigenvalue weighted by Crippen LogP contribution is 2.21. The lowest BCUT2D eigenvalue weighted by Crippen LogP contribution is -2.42. The third-order valence-corrected chi connectivity index (χ3v) is 5.74. The Kier molecular flexibility index (Phi) is 4.22. The van der Waals surface area contributed by atoms with Gasteiger partial charge in [0.1, 0.15) is 0 Å². The number of hydrogen-bond donors (Lipinski definition) is 0. The molecule has 0 radical (unpaired) electrons. The molecule has 0 aromatic heterocycles. The van der Waals surface area contributed by atoms with E-state index in [0.29, 0.717) is 19.0 Å². The van der Waals surface area contributed by atoms with Crippen LogP contribution in [0, 0.1) is 5.92 Å². The molecule has 14 heavy (non-hydrogen) atoms. The highest BCUT2D eigenvalue weighted by atomic mass is 35.5. The van der Waals surface area contributed by atoms with Gasteiger partial charge in [0.25, 0.3) is 0 Å². The molecule has 0 saturated carbocycles. The van der Waals surface area contributed by atoms with Gasteiger partial charge in [0.2, 0.25) is 10.0 Å². The van der Waals surface area contributed by atoms with Gasteiger partial charge >= 0.3 is 0 Å². The first-order chi connectivity index (χ1) is 6.48. The van der Waals surface area contributed by atoms with Crippen molar-refractivity contribution in [3.05, 3.63) is 0 Å². The molecule has 1 rings (SSSR count). The molecule has 84 valence electrons. The average molecular weight is 240 g/mol. The summed E-state index contributed by atoms with van der Waals surface area (Å²) >= 11 is 5.58. The molecule has 5 heteroatoms. The van der Waals surface area contributed by atoms with Gasteiger partial charge in [-0.3, -0.25) is 0 Å². The Hall–Kier alpha value is 0.200. The van der Waals surface area contributed by atoms with E-state index in [1.807, 2.05) is 0 Å². The fourth-order valence-corrected chi connectivity index (χ4v) is 3.44. The van der Waals surface area contributed by atoms with Crippen molar-refractivity contribution >= 4 is 21.6 Å². The summed E-state index contributed by atoms with van der Waals surface area (Å²) in [5, 5.41) is -0.461. The second-order valence-corrected chi connectivity index (χ2v) is 6.75. The molecule has 0 spiro atoms. The highest BCUT2D eigenvalue weighted by molar-refractivity contribution is 7.89. The maximum Gasteiger partial charge on any atom is 0.217 e. The molecule has 3 nitrogen and oxygen atoms in total. The number of hydrogen-bond acceptors (Lipinski definition) is 2. The fraction of sp³-hybridized carbons (Fsp3) is 1.00. The molecule has 0 aromatic carbocycles. The third kappa shape index (κ3) is 2.61. The fourth-order valence-electron chi connectivity index (χ4n) is 1.57. The zero-order valence-corrected chi connectivity index (χ0v) is 10.3. The zero-order valence-electron chi connectivity index (χ0n) is 8.74. The van der Waals surface area contributed by atoms with E-state index in [1.165, 1.54) is 0 Å². The molecule has 0 aromatic rings. The van der Waals surface area contributed by atoms with Crippen LogP contribution in [0.15, 0.2) is 0 Å². The first kappa shape index (κ1) is 12.3. The summed E-state index contributed by atoms with van der Waals surface area (Å²) < 4.78 is 25.3. The molecule has 1 fully saturated rings. The monoisotopic (exact) mass is 239 g/mol. The molecular formula is C9H18ClNO2S. The molecule has 1 atom stereocenters. The van der Waals surface area contributed by atoms with Crippen LogP contribution in [-0.2, 0) is 10.0 Å². The molecule has 0 amide bonds. The van der Waals surface area contributed by atoms with Gasteiger partial charge in [0, 0.05) is 19.0 Å². The van der Waals surface area contributed by atoms with Gasteiger partial charge < -0.3 is 0 Å². The minimum Gasteiger partial charge on any atom is -0.212 e. The van der Waals surface area contributed by atoms with Crippen molar-refractivity contribution in [3.8, 4) is 0 Å². The van der Waals surface area contributed by atoms with Crippen LogP contribution in [0.25, 0.3) is 0 Å². The van der Waals surface area contributed by atoms with Crippen molar-refractivity contribution in [2.45, 2.75) is 31.9 Å². The van der Waals surface area contributed by atoms with E-state index in [4.69, 9.17) is 11.6 Å². The lowest BCUT2D eigenvalue weighted by Gasteiger charge is -2.31. The number of rotatable bonds is 3. The number of alkyl halides is 1. The summed E-state index contributed by atoms with van der Waals surface area (Å²) in [6.45, 7) is 5.14. The Morgan fingerprint density at radius 2 is 1.93 bits per heavy atom. The van der Waals surface area contributed by atoms with Gasteiger partial charge in [-0.15, -0.1) is 11.6 Å². The van der Waals surface area contributed by atoms with Crippen LogP contribution in [-0.4, -0.2) is 36.9 Å². The molecular weight excluding hydrogens is 222 g/mol. The van der Waals surface area contributed by atoms with Crippen LogP contribution in [0.3, 0.4) is 0 Å². The molecule has 0 aliphatic carbocycles. The summed E-state index contributed by atoms with van der Waals surface area (Å²) in [6, 6.07) is 0. The Morgan fingerprint density at radius 1 is 1.43 bits per heavy atom. The predicted molar refractivity (Wildman–Crippen MR) is 59.1 cm³/mol. The van der Waals surface area contributed by atoms with Gasteiger partial charge in [-0.2, -0.15) is 0 Å². The second kappa shape index (κ2) is 4.81. The smallest absolute Gasteiger partial charge is 0.212 e. The summed E-state index contributed by atoms with van der Waals surface area (Å²) in [5.74, 6) is 0.821. The van der Waals surface area contributed by atoms with Crippen molar-refractivity contribution in [2.75, 3.05) is 19.0 Å². The van der Waals surface area contributed by atoms with Crippen LogP contribution in [0.1, 0.15) is 26.7 Å². The minimum atomic E-state index is -3.13. The average Bonchev–Trinajstić information content (AvgIpc) is 2.17. The van der Waals surface area contributed by atoms with Crippen molar-refractivity contribution in [3.63, 3.8) is 0 Å². The largest absolute Gasteiger partial charge is 0.217 e. The van der Waals surface area contributed by atoms with Gasteiger partial charge in [0.05, 0.1) is 5.25 Å². The summed E-state index contributed by atoms with van der Waals surface area (Å²) in [5.41, 5.74) is 0. The van der Waals surface area contributed by atoms with Crippen LogP contribution >= 0.6 is 11.6 Å². The number of nitrogens with zero attached hydrogens (tertiary/aromatic N) is 1. The van der Waals surface area contributed by atoms with Crippen LogP contribution in [0.4, 0.5) is 0 Å². The Bertz CT molecular complexity index is 271. The van der Waals surface area contributed by atoms with Crippen molar-refractivity contribution < 1.29 is 8.42 Å². The van der Waals surface area contributed by atoms with Crippen molar-refractivity contribution in [2.24, 2.45) is 5.92 Å².